The molecule has 2 unspecified atom stereocenters. The maximum absolute atomic E-state index is 12.4. The average molecular weight is 370 g/mol. The highest BCUT2D eigenvalue weighted by Crippen LogP contribution is 2.29. The molecule has 0 bridgehead atoms. The normalized spacial score (nSPS) is 27.0. The summed E-state index contributed by atoms with van der Waals surface area (Å²) >= 11 is 0. The lowest BCUT2D eigenvalue weighted by Crippen LogP contribution is -2.40. The summed E-state index contributed by atoms with van der Waals surface area (Å²) in [7, 11) is 0. The van der Waals surface area contributed by atoms with E-state index in [1.54, 1.807) is 6.92 Å². The van der Waals surface area contributed by atoms with Crippen molar-refractivity contribution in [3.05, 3.63) is 0 Å². The molecule has 5 heteroatoms. The van der Waals surface area contributed by atoms with E-state index in [0.29, 0.717) is 25.6 Å². The van der Waals surface area contributed by atoms with Crippen molar-refractivity contribution in [3.63, 3.8) is 0 Å². The first kappa shape index (κ1) is 21.6. The Hall–Kier alpha value is -0.650. The van der Waals surface area contributed by atoms with Gasteiger partial charge in [-0.2, -0.15) is 0 Å². The van der Waals surface area contributed by atoms with Crippen LogP contribution in [-0.4, -0.2) is 47.6 Å². The minimum atomic E-state index is -0.484. The summed E-state index contributed by atoms with van der Waals surface area (Å²) in [5, 5.41) is 22.2. The maximum atomic E-state index is 12.4. The van der Waals surface area contributed by atoms with E-state index >= 15 is 0 Å². The number of ether oxygens (including phenoxy) is 1. The highest BCUT2D eigenvalue weighted by Gasteiger charge is 2.24. The van der Waals surface area contributed by atoms with Crippen LogP contribution < -0.4 is 5.32 Å². The Kier molecular flexibility index (Phi) is 9.94. The Morgan fingerprint density at radius 1 is 1.04 bits per heavy atom. The Labute approximate surface area is 158 Å². The third-order valence-electron chi connectivity index (χ3n) is 5.98. The molecule has 26 heavy (non-hydrogen) atoms. The molecule has 0 aromatic heterocycles. The van der Waals surface area contributed by atoms with E-state index in [-0.39, 0.29) is 18.1 Å². The second kappa shape index (κ2) is 11.9. The highest BCUT2D eigenvalue weighted by atomic mass is 16.5. The smallest absolute Gasteiger partial charge is 0.220 e. The van der Waals surface area contributed by atoms with Gasteiger partial charge in [0.2, 0.25) is 5.91 Å². The minimum Gasteiger partial charge on any atom is -0.393 e. The zero-order valence-corrected chi connectivity index (χ0v) is 16.5. The largest absolute Gasteiger partial charge is 0.393 e. The van der Waals surface area contributed by atoms with E-state index < -0.39 is 6.10 Å². The molecule has 0 heterocycles. The number of aliphatic hydroxyl groups is 2. The highest BCUT2D eigenvalue weighted by molar-refractivity contribution is 5.76. The van der Waals surface area contributed by atoms with Crippen molar-refractivity contribution in [3.8, 4) is 0 Å². The fourth-order valence-corrected chi connectivity index (χ4v) is 4.44. The van der Waals surface area contributed by atoms with Crippen LogP contribution in [0.1, 0.15) is 84.0 Å². The van der Waals surface area contributed by atoms with Crippen molar-refractivity contribution in [1.82, 2.24) is 5.32 Å². The molecule has 5 nitrogen and oxygen atoms in total. The molecule has 2 fully saturated rings. The van der Waals surface area contributed by atoms with Gasteiger partial charge in [-0.1, -0.05) is 32.1 Å². The molecule has 2 rings (SSSR count). The van der Waals surface area contributed by atoms with Gasteiger partial charge in [0, 0.05) is 6.42 Å². The first-order chi connectivity index (χ1) is 12.5. The monoisotopic (exact) mass is 369 g/mol. The van der Waals surface area contributed by atoms with Crippen molar-refractivity contribution in [1.29, 1.82) is 0 Å². The molecule has 2 atom stereocenters. The van der Waals surface area contributed by atoms with Crippen LogP contribution in [0.5, 0.6) is 0 Å². The summed E-state index contributed by atoms with van der Waals surface area (Å²) < 4.78 is 5.60. The molecule has 2 saturated carbocycles. The molecule has 0 spiro atoms. The fraction of sp³-hybridized carbons (Fsp3) is 0.952. The molecule has 0 aromatic rings. The summed E-state index contributed by atoms with van der Waals surface area (Å²) in [6.07, 6.45) is 12.2. The average Bonchev–Trinajstić information content (AvgIpc) is 2.62. The standard InChI is InChI=1S/C21H39NO4/c1-16(23)14-26-15-19(13-18-7-10-20(24)11-8-18)22-21(25)12-9-17-5-3-2-4-6-17/h16-20,23-24H,2-15H2,1H3,(H,22,25). The van der Waals surface area contributed by atoms with Gasteiger partial charge in [-0.15, -0.1) is 0 Å². The number of carbonyl (C=O) groups excluding carboxylic acids is 1. The van der Waals surface area contributed by atoms with Gasteiger partial charge in [-0.3, -0.25) is 4.79 Å². The van der Waals surface area contributed by atoms with Crippen LogP contribution in [-0.2, 0) is 9.53 Å². The number of hydrogen-bond acceptors (Lipinski definition) is 4. The third kappa shape index (κ3) is 8.83. The molecule has 3 N–H and O–H groups in total. The summed E-state index contributed by atoms with van der Waals surface area (Å²) in [5.74, 6) is 1.40. The van der Waals surface area contributed by atoms with E-state index in [9.17, 15) is 15.0 Å². The van der Waals surface area contributed by atoms with Gasteiger partial charge in [0.25, 0.3) is 0 Å². The molecule has 0 radical (unpaired) electrons. The van der Waals surface area contributed by atoms with Gasteiger partial charge in [0.05, 0.1) is 31.5 Å². The second-order valence-electron chi connectivity index (χ2n) is 8.60. The van der Waals surface area contributed by atoms with Crippen LogP contribution in [0.4, 0.5) is 0 Å². The van der Waals surface area contributed by atoms with Crippen LogP contribution in [0.15, 0.2) is 0 Å². The lowest BCUT2D eigenvalue weighted by Gasteiger charge is -2.29. The van der Waals surface area contributed by atoms with Gasteiger partial charge in [0.1, 0.15) is 0 Å². The zero-order valence-electron chi connectivity index (χ0n) is 16.5. The van der Waals surface area contributed by atoms with Crippen LogP contribution in [0, 0.1) is 11.8 Å². The van der Waals surface area contributed by atoms with Gasteiger partial charge in [-0.05, 0) is 57.3 Å². The molecular formula is C21H39NO4. The Morgan fingerprint density at radius 2 is 1.73 bits per heavy atom. The van der Waals surface area contributed by atoms with Crippen LogP contribution in [0.2, 0.25) is 0 Å². The number of hydrogen-bond donors (Lipinski definition) is 3. The van der Waals surface area contributed by atoms with Crippen molar-refractivity contribution in [2.75, 3.05) is 13.2 Å². The van der Waals surface area contributed by atoms with Crippen LogP contribution in [0.3, 0.4) is 0 Å². The summed E-state index contributed by atoms with van der Waals surface area (Å²) in [4.78, 5) is 12.4. The Balaban J connectivity index is 1.74. The molecule has 152 valence electrons. The van der Waals surface area contributed by atoms with E-state index in [1.165, 1.54) is 32.1 Å². The van der Waals surface area contributed by atoms with E-state index in [4.69, 9.17) is 4.74 Å². The van der Waals surface area contributed by atoms with E-state index in [0.717, 1.165) is 44.4 Å². The minimum absolute atomic E-state index is 0.00727. The predicted molar refractivity (Wildman–Crippen MR) is 103 cm³/mol. The van der Waals surface area contributed by atoms with Gasteiger partial charge >= 0.3 is 0 Å². The molecular weight excluding hydrogens is 330 g/mol. The number of nitrogens with one attached hydrogen (secondary N) is 1. The summed E-state index contributed by atoms with van der Waals surface area (Å²) in [6.45, 7) is 2.47. The van der Waals surface area contributed by atoms with E-state index in [2.05, 4.69) is 5.32 Å². The van der Waals surface area contributed by atoms with Gasteiger partial charge in [0.15, 0.2) is 0 Å². The first-order valence-corrected chi connectivity index (χ1v) is 10.8. The van der Waals surface area contributed by atoms with Crippen molar-refractivity contribution in [2.24, 2.45) is 11.8 Å². The number of aliphatic hydroxyl groups excluding tert-OH is 2. The Bertz CT molecular complexity index is 387. The predicted octanol–water partition coefficient (Wildman–Crippen LogP) is 3.17. The third-order valence-corrected chi connectivity index (χ3v) is 5.98. The van der Waals surface area contributed by atoms with Crippen molar-refractivity contribution >= 4 is 5.91 Å². The zero-order chi connectivity index (χ0) is 18.8. The quantitative estimate of drug-likeness (QED) is 0.553. The topological polar surface area (TPSA) is 78.8 Å². The van der Waals surface area contributed by atoms with Gasteiger partial charge in [-0.25, -0.2) is 0 Å². The Morgan fingerprint density at radius 3 is 2.38 bits per heavy atom. The van der Waals surface area contributed by atoms with Crippen LogP contribution >= 0.6 is 0 Å². The van der Waals surface area contributed by atoms with E-state index in [1.807, 2.05) is 0 Å². The van der Waals surface area contributed by atoms with Gasteiger partial charge < -0.3 is 20.3 Å². The fourth-order valence-electron chi connectivity index (χ4n) is 4.44. The van der Waals surface area contributed by atoms with Crippen molar-refractivity contribution < 1.29 is 19.7 Å². The molecule has 0 aliphatic heterocycles. The summed E-state index contributed by atoms with van der Waals surface area (Å²) in [5.41, 5.74) is 0. The molecule has 0 saturated heterocycles. The maximum Gasteiger partial charge on any atom is 0.220 e. The van der Waals surface area contributed by atoms with Crippen molar-refractivity contribution in [2.45, 2.75) is 102 Å². The number of amides is 1. The molecule has 1 amide bonds. The lowest BCUT2D eigenvalue weighted by molar-refractivity contribution is -0.122. The van der Waals surface area contributed by atoms with Crippen LogP contribution in [0.25, 0.3) is 0 Å². The SMILES string of the molecule is CC(O)COCC(CC1CCC(O)CC1)NC(=O)CCC1CCCCC1. The number of rotatable bonds is 10. The summed E-state index contributed by atoms with van der Waals surface area (Å²) in [6, 6.07) is 0.00727. The first-order valence-electron chi connectivity index (χ1n) is 10.8. The second-order valence-corrected chi connectivity index (χ2v) is 8.60. The number of carbonyl (C=O) groups is 1. The molecule has 0 aromatic carbocycles. The lowest BCUT2D eigenvalue weighted by atomic mass is 9.83. The molecule has 2 aliphatic rings. The molecule has 2 aliphatic carbocycles.